The molecular formula is C11H11BrOS. The fourth-order valence-corrected chi connectivity index (χ4v) is 3.03. The van der Waals surface area contributed by atoms with Gasteiger partial charge in [-0.3, -0.25) is 0 Å². The minimum absolute atomic E-state index is 0.747. The summed E-state index contributed by atoms with van der Waals surface area (Å²) in [6, 6.07) is 8.14. The molecule has 2 rings (SSSR count). The van der Waals surface area contributed by atoms with E-state index in [-0.39, 0.29) is 0 Å². The predicted molar refractivity (Wildman–Crippen MR) is 64.8 cm³/mol. The monoisotopic (exact) mass is 270 g/mol. The Kier molecular flexibility index (Phi) is 2.41. The molecule has 0 unspecified atom stereocenters. The number of thiophene rings is 1. The fraction of sp³-hybridized carbons (Fsp3) is 0.273. The van der Waals surface area contributed by atoms with Crippen LogP contribution in [0.2, 0.25) is 0 Å². The first-order valence-electron chi connectivity index (χ1n) is 4.39. The molecule has 1 nitrogen and oxygen atoms in total. The van der Waals surface area contributed by atoms with Crippen LogP contribution in [0.5, 0.6) is 0 Å². The lowest BCUT2D eigenvalue weighted by Gasteiger charge is -2.13. The van der Waals surface area contributed by atoms with Crippen LogP contribution >= 0.6 is 27.3 Å². The van der Waals surface area contributed by atoms with Gasteiger partial charge in [0.25, 0.3) is 0 Å². The van der Waals surface area contributed by atoms with Crippen molar-refractivity contribution in [3.8, 4) is 0 Å². The highest BCUT2D eigenvalue weighted by Crippen LogP contribution is 2.36. The summed E-state index contributed by atoms with van der Waals surface area (Å²) in [4.78, 5) is 0.999. The number of aliphatic hydroxyl groups is 1. The maximum atomic E-state index is 9.88. The Bertz CT molecular complexity index is 468. The van der Waals surface area contributed by atoms with Crippen molar-refractivity contribution in [1.82, 2.24) is 0 Å². The van der Waals surface area contributed by atoms with Crippen LogP contribution in [-0.4, -0.2) is 5.11 Å². The average molecular weight is 271 g/mol. The summed E-state index contributed by atoms with van der Waals surface area (Å²) in [6.45, 7) is 3.62. The van der Waals surface area contributed by atoms with Gasteiger partial charge in [0.1, 0.15) is 0 Å². The van der Waals surface area contributed by atoms with Crippen molar-refractivity contribution in [2.24, 2.45) is 0 Å². The molecule has 0 aliphatic carbocycles. The van der Waals surface area contributed by atoms with Gasteiger partial charge in [-0.1, -0.05) is 22.0 Å². The van der Waals surface area contributed by atoms with Gasteiger partial charge in [-0.05, 0) is 32.0 Å². The molecule has 1 aromatic heterocycles. The summed E-state index contributed by atoms with van der Waals surface area (Å²) in [5.74, 6) is 0. The summed E-state index contributed by atoms with van der Waals surface area (Å²) in [5, 5.41) is 11.1. The van der Waals surface area contributed by atoms with Crippen molar-refractivity contribution < 1.29 is 5.11 Å². The van der Waals surface area contributed by atoms with Gasteiger partial charge in [-0.15, -0.1) is 11.3 Å². The lowest BCUT2D eigenvalue weighted by atomic mass is 10.1. The third-order valence-corrected chi connectivity index (χ3v) is 4.22. The second-order valence-electron chi connectivity index (χ2n) is 3.82. The fourth-order valence-electron chi connectivity index (χ4n) is 1.33. The minimum atomic E-state index is -0.747. The van der Waals surface area contributed by atoms with Crippen LogP contribution in [0.25, 0.3) is 10.1 Å². The van der Waals surface area contributed by atoms with E-state index in [2.05, 4.69) is 22.0 Å². The SMILES string of the molecule is CC(C)(O)c1cc2c(Br)cccc2s1. The van der Waals surface area contributed by atoms with Crippen LogP contribution < -0.4 is 0 Å². The third-order valence-electron chi connectivity index (χ3n) is 2.11. The zero-order valence-electron chi connectivity index (χ0n) is 8.04. The Morgan fingerprint density at radius 1 is 1.36 bits per heavy atom. The van der Waals surface area contributed by atoms with E-state index in [1.807, 2.05) is 32.0 Å². The van der Waals surface area contributed by atoms with Gasteiger partial charge in [-0.25, -0.2) is 0 Å². The van der Waals surface area contributed by atoms with Crippen molar-refractivity contribution in [2.45, 2.75) is 19.4 Å². The number of benzene rings is 1. The molecule has 2 aromatic rings. The van der Waals surface area contributed by atoms with E-state index in [1.54, 1.807) is 11.3 Å². The molecule has 14 heavy (non-hydrogen) atoms. The molecule has 1 heterocycles. The van der Waals surface area contributed by atoms with Crippen LogP contribution in [0.1, 0.15) is 18.7 Å². The Balaban J connectivity index is 2.69. The van der Waals surface area contributed by atoms with Gasteiger partial charge in [0.2, 0.25) is 0 Å². The van der Waals surface area contributed by atoms with E-state index in [1.165, 1.54) is 10.1 Å². The quantitative estimate of drug-likeness (QED) is 0.834. The maximum absolute atomic E-state index is 9.88. The summed E-state index contributed by atoms with van der Waals surface area (Å²) in [7, 11) is 0. The minimum Gasteiger partial charge on any atom is -0.385 e. The highest BCUT2D eigenvalue weighted by Gasteiger charge is 2.19. The van der Waals surface area contributed by atoms with E-state index in [4.69, 9.17) is 0 Å². The molecular weight excluding hydrogens is 260 g/mol. The molecule has 0 aliphatic rings. The Morgan fingerprint density at radius 2 is 2.07 bits per heavy atom. The standard InChI is InChI=1S/C11H11BrOS/c1-11(2,13)10-6-7-8(12)4-3-5-9(7)14-10/h3-6,13H,1-2H3. The first kappa shape index (κ1) is 10.1. The van der Waals surface area contributed by atoms with Gasteiger partial charge in [-0.2, -0.15) is 0 Å². The molecule has 0 bridgehead atoms. The van der Waals surface area contributed by atoms with E-state index in [0.29, 0.717) is 0 Å². The smallest absolute Gasteiger partial charge is 0.0932 e. The molecule has 1 aromatic carbocycles. The molecule has 74 valence electrons. The molecule has 0 radical (unpaired) electrons. The molecule has 1 N–H and O–H groups in total. The number of fused-ring (bicyclic) bond motifs is 1. The molecule has 0 spiro atoms. The highest BCUT2D eigenvalue weighted by molar-refractivity contribution is 9.10. The Morgan fingerprint density at radius 3 is 2.64 bits per heavy atom. The van der Waals surface area contributed by atoms with E-state index in [9.17, 15) is 5.11 Å². The van der Waals surface area contributed by atoms with Gasteiger partial charge < -0.3 is 5.11 Å². The molecule has 3 heteroatoms. The lowest BCUT2D eigenvalue weighted by molar-refractivity contribution is 0.0826. The Labute approximate surface area is 95.5 Å². The van der Waals surface area contributed by atoms with Crippen LogP contribution in [0.15, 0.2) is 28.7 Å². The van der Waals surface area contributed by atoms with Gasteiger partial charge in [0.05, 0.1) is 5.60 Å². The molecule has 0 aliphatic heterocycles. The zero-order valence-corrected chi connectivity index (χ0v) is 10.4. The first-order valence-corrected chi connectivity index (χ1v) is 6.00. The number of rotatable bonds is 1. The predicted octanol–water partition coefficient (Wildman–Crippen LogP) is 3.89. The largest absolute Gasteiger partial charge is 0.385 e. The lowest BCUT2D eigenvalue weighted by Crippen LogP contribution is -2.12. The summed E-state index contributed by atoms with van der Waals surface area (Å²) in [6.07, 6.45) is 0. The summed E-state index contributed by atoms with van der Waals surface area (Å²) < 4.78 is 2.29. The molecule has 0 saturated carbocycles. The van der Waals surface area contributed by atoms with Gasteiger partial charge in [0, 0.05) is 19.4 Å². The van der Waals surface area contributed by atoms with Crippen LogP contribution in [0, 0.1) is 0 Å². The van der Waals surface area contributed by atoms with E-state index < -0.39 is 5.60 Å². The number of hydrogen-bond acceptors (Lipinski definition) is 2. The third kappa shape index (κ3) is 1.72. The summed E-state index contributed by atoms with van der Waals surface area (Å²) in [5.41, 5.74) is -0.747. The number of halogens is 1. The highest BCUT2D eigenvalue weighted by atomic mass is 79.9. The second kappa shape index (κ2) is 3.33. The van der Waals surface area contributed by atoms with E-state index in [0.717, 1.165) is 9.35 Å². The topological polar surface area (TPSA) is 20.2 Å². The van der Waals surface area contributed by atoms with Crippen molar-refractivity contribution in [3.63, 3.8) is 0 Å². The normalized spacial score (nSPS) is 12.3. The van der Waals surface area contributed by atoms with E-state index >= 15 is 0 Å². The number of hydrogen-bond donors (Lipinski definition) is 1. The summed E-state index contributed by atoms with van der Waals surface area (Å²) >= 11 is 5.14. The zero-order chi connectivity index (χ0) is 10.3. The van der Waals surface area contributed by atoms with Gasteiger partial charge >= 0.3 is 0 Å². The molecule has 0 saturated heterocycles. The molecule has 0 amide bonds. The van der Waals surface area contributed by atoms with Crippen LogP contribution in [-0.2, 0) is 5.60 Å². The average Bonchev–Trinajstić information content (AvgIpc) is 2.48. The first-order chi connectivity index (χ1) is 6.48. The molecule has 0 atom stereocenters. The second-order valence-corrected chi connectivity index (χ2v) is 5.76. The molecule has 0 fully saturated rings. The Hall–Kier alpha value is -0.380. The van der Waals surface area contributed by atoms with Crippen molar-refractivity contribution >= 4 is 37.4 Å². The van der Waals surface area contributed by atoms with Gasteiger partial charge in [0.15, 0.2) is 0 Å². The van der Waals surface area contributed by atoms with Crippen molar-refractivity contribution in [3.05, 3.63) is 33.6 Å². The van der Waals surface area contributed by atoms with Crippen molar-refractivity contribution in [1.29, 1.82) is 0 Å². The van der Waals surface area contributed by atoms with Crippen LogP contribution in [0.4, 0.5) is 0 Å². The van der Waals surface area contributed by atoms with Crippen LogP contribution in [0.3, 0.4) is 0 Å². The van der Waals surface area contributed by atoms with Crippen molar-refractivity contribution in [2.75, 3.05) is 0 Å². The maximum Gasteiger partial charge on any atom is 0.0932 e.